The van der Waals surface area contributed by atoms with Gasteiger partial charge in [0.2, 0.25) is 5.91 Å². The number of carbonyl (C=O) groups is 2. The van der Waals surface area contributed by atoms with Crippen molar-refractivity contribution in [2.24, 2.45) is 5.73 Å². The van der Waals surface area contributed by atoms with E-state index in [0.29, 0.717) is 0 Å². The molecule has 2 aromatic carbocycles. The Balaban J connectivity index is 2.05. The van der Waals surface area contributed by atoms with Crippen LogP contribution in [0.25, 0.3) is 0 Å². The lowest BCUT2D eigenvalue weighted by molar-refractivity contribution is -0.118. The molecule has 3 rings (SSSR count). The van der Waals surface area contributed by atoms with Gasteiger partial charge in [0.25, 0.3) is 5.91 Å². The number of hydrogen-bond acceptors (Lipinski definition) is 4. The fourth-order valence-corrected chi connectivity index (χ4v) is 3.05. The molecule has 0 fully saturated rings. The van der Waals surface area contributed by atoms with Gasteiger partial charge >= 0.3 is 0 Å². The smallest absolute Gasteiger partial charge is 0.281 e. The first kappa shape index (κ1) is 20.2. The summed E-state index contributed by atoms with van der Waals surface area (Å²) in [5.41, 5.74) is 8.03. The second-order valence-corrected chi connectivity index (χ2v) is 6.98. The Hall–Kier alpha value is -3.55. The molecule has 0 saturated heterocycles. The van der Waals surface area contributed by atoms with Crippen LogP contribution in [-0.2, 0) is 11.3 Å². The monoisotopic (exact) mass is 395 g/mol. The fraction of sp³-hybridized carbons (Fsp3) is 0.238. The van der Waals surface area contributed by atoms with Crippen molar-refractivity contribution >= 4 is 17.5 Å². The summed E-state index contributed by atoms with van der Waals surface area (Å²) in [5, 5.41) is 7.61. The van der Waals surface area contributed by atoms with Gasteiger partial charge in [-0.05, 0) is 44.0 Å². The molecular weight excluding hydrogens is 373 g/mol. The fourth-order valence-electron chi connectivity index (χ4n) is 3.05. The second kappa shape index (κ2) is 8.22. The molecule has 150 valence electrons. The molecule has 0 radical (unpaired) electrons. The Morgan fingerprint density at radius 3 is 2.45 bits per heavy atom. The van der Waals surface area contributed by atoms with E-state index in [-0.39, 0.29) is 17.9 Å². The Morgan fingerprint density at radius 1 is 1.14 bits per heavy atom. The van der Waals surface area contributed by atoms with Gasteiger partial charge in [0.15, 0.2) is 5.69 Å². The van der Waals surface area contributed by atoms with Crippen LogP contribution in [0, 0.1) is 19.7 Å². The summed E-state index contributed by atoms with van der Waals surface area (Å²) >= 11 is 0. The summed E-state index contributed by atoms with van der Waals surface area (Å²) in [5.74, 6) is -1.66. The first-order valence-corrected chi connectivity index (χ1v) is 9.11. The average Bonchev–Trinajstić information content (AvgIpc) is 3.13. The number of benzene rings is 2. The van der Waals surface area contributed by atoms with E-state index in [1.165, 1.54) is 21.8 Å². The summed E-state index contributed by atoms with van der Waals surface area (Å²) in [7, 11) is 0. The van der Waals surface area contributed by atoms with Gasteiger partial charge in [-0.3, -0.25) is 14.5 Å². The summed E-state index contributed by atoms with van der Waals surface area (Å²) in [4.78, 5) is 25.8. The third-order valence-corrected chi connectivity index (χ3v) is 4.60. The lowest BCUT2D eigenvalue weighted by atomic mass is 10.0. The Kier molecular flexibility index (Phi) is 5.72. The van der Waals surface area contributed by atoms with Gasteiger partial charge in [-0.1, -0.05) is 41.1 Å². The van der Waals surface area contributed by atoms with Crippen LogP contribution in [-0.4, -0.2) is 26.8 Å². The minimum absolute atomic E-state index is 0.00822. The van der Waals surface area contributed by atoms with Crippen molar-refractivity contribution in [3.63, 3.8) is 0 Å². The molecule has 0 saturated carbocycles. The average molecular weight is 395 g/mol. The third kappa shape index (κ3) is 4.48. The molecule has 1 aromatic heterocycles. The lowest BCUT2D eigenvalue weighted by Gasteiger charge is -2.29. The largest absolute Gasteiger partial charge is 0.368 e. The molecule has 0 aliphatic carbocycles. The number of nitrogens with zero attached hydrogens (tertiary/aromatic N) is 4. The number of primary amides is 1. The third-order valence-electron chi connectivity index (χ3n) is 4.60. The molecule has 0 bridgehead atoms. The highest BCUT2D eigenvalue weighted by Crippen LogP contribution is 2.31. The maximum absolute atomic E-state index is 14.7. The molecule has 7 nitrogen and oxygen atoms in total. The van der Waals surface area contributed by atoms with Gasteiger partial charge in [-0.15, -0.1) is 5.10 Å². The van der Waals surface area contributed by atoms with Crippen LogP contribution in [0.15, 0.2) is 48.7 Å². The second-order valence-electron chi connectivity index (χ2n) is 6.98. The molecule has 29 heavy (non-hydrogen) atoms. The van der Waals surface area contributed by atoms with E-state index in [1.54, 1.807) is 12.1 Å². The van der Waals surface area contributed by atoms with Crippen LogP contribution in [0.2, 0.25) is 0 Å². The standard InChI is InChI=1S/C21H22FN5O2/c1-13-4-7-16(8-5-13)15(3)27(19-10-14(2)6-9-17(19)22)21(29)18-11-26(25-24-18)12-20(23)28/h4-11,15H,12H2,1-3H3,(H2,23,28)/t15-/m0/s1. The molecule has 2 amide bonds. The minimum Gasteiger partial charge on any atom is -0.368 e. The number of nitrogens with two attached hydrogens (primary N) is 1. The van der Waals surface area contributed by atoms with Crippen molar-refractivity contribution in [3.8, 4) is 0 Å². The number of aromatic nitrogens is 3. The molecule has 8 heteroatoms. The number of halogens is 1. The van der Waals surface area contributed by atoms with Crippen molar-refractivity contribution < 1.29 is 14.0 Å². The zero-order valence-electron chi connectivity index (χ0n) is 16.5. The number of hydrogen-bond donors (Lipinski definition) is 1. The molecule has 1 heterocycles. The van der Waals surface area contributed by atoms with Gasteiger partial charge in [-0.2, -0.15) is 0 Å². The summed E-state index contributed by atoms with van der Waals surface area (Å²) < 4.78 is 15.9. The zero-order chi connectivity index (χ0) is 21.1. The van der Waals surface area contributed by atoms with Crippen molar-refractivity contribution in [2.45, 2.75) is 33.4 Å². The normalized spacial score (nSPS) is 11.9. The predicted molar refractivity (Wildman–Crippen MR) is 107 cm³/mol. The van der Waals surface area contributed by atoms with Crippen LogP contribution in [0.3, 0.4) is 0 Å². The van der Waals surface area contributed by atoms with E-state index < -0.39 is 23.7 Å². The van der Waals surface area contributed by atoms with E-state index >= 15 is 0 Å². The summed E-state index contributed by atoms with van der Waals surface area (Å²) in [6.45, 7) is 5.41. The molecule has 0 aliphatic heterocycles. The van der Waals surface area contributed by atoms with Gasteiger partial charge < -0.3 is 5.73 Å². The Morgan fingerprint density at radius 2 is 1.79 bits per heavy atom. The predicted octanol–water partition coefficient (Wildman–Crippen LogP) is 2.93. The van der Waals surface area contributed by atoms with E-state index in [9.17, 15) is 14.0 Å². The van der Waals surface area contributed by atoms with Crippen LogP contribution in [0.5, 0.6) is 0 Å². The summed E-state index contributed by atoms with van der Waals surface area (Å²) in [6, 6.07) is 11.8. The van der Waals surface area contributed by atoms with Gasteiger partial charge in [0, 0.05) is 0 Å². The van der Waals surface area contributed by atoms with Crippen LogP contribution in [0.4, 0.5) is 10.1 Å². The number of rotatable bonds is 6. The number of carbonyl (C=O) groups excluding carboxylic acids is 2. The highest BCUT2D eigenvalue weighted by Gasteiger charge is 2.29. The van der Waals surface area contributed by atoms with Crippen molar-refractivity contribution in [3.05, 3.63) is 76.9 Å². The maximum atomic E-state index is 14.7. The first-order chi connectivity index (χ1) is 13.8. The molecule has 3 aromatic rings. The molecule has 2 N–H and O–H groups in total. The molecule has 0 aliphatic rings. The Bertz CT molecular complexity index is 1050. The summed E-state index contributed by atoms with van der Waals surface area (Å²) in [6.07, 6.45) is 1.33. The van der Waals surface area contributed by atoms with Crippen LogP contribution >= 0.6 is 0 Å². The minimum atomic E-state index is -0.608. The van der Waals surface area contributed by atoms with Crippen molar-refractivity contribution in [2.75, 3.05) is 4.90 Å². The zero-order valence-corrected chi connectivity index (χ0v) is 16.5. The van der Waals surface area contributed by atoms with E-state index in [0.717, 1.165) is 16.7 Å². The van der Waals surface area contributed by atoms with E-state index in [2.05, 4.69) is 10.3 Å². The Labute approximate surface area is 167 Å². The van der Waals surface area contributed by atoms with Crippen molar-refractivity contribution in [1.82, 2.24) is 15.0 Å². The van der Waals surface area contributed by atoms with Gasteiger partial charge in [0.1, 0.15) is 12.4 Å². The first-order valence-electron chi connectivity index (χ1n) is 9.11. The molecule has 0 spiro atoms. The van der Waals surface area contributed by atoms with Crippen LogP contribution < -0.4 is 10.6 Å². The highest BCUT2D eigenvalue weighted by molar-refractivity contribution is 6.05. The molecular formula is C21H22FN5O2. The highest BCUT2D eigenvalue weighted by atomic mass is 19.1. The van der Waals surface area contributed by atoms with Crippen LogP contribution in [0.1, 0.15) is 40.1 Å². The maximum Gasteiger partial charge on any atom is 0.281 e. The number of anilines is 1. The van der Waals surface area contributed by atoms with E-state index in [1.807, 2.05) is 45.0 Å². The molecule has 1 atom stereocenters. The van der Waals surface area contributed by atoms with Gasteiger partial charge in [0.05, 0.1) is 17.9 Å². The topological polar surface area (TPSA) is 94.1 Å². The number of aryl methyl sites for hydroxylation is 2. The lowest BCUT2D eigenvalue weighted by Crippen LogP contribution is -2.34. The van der Waals surface area contributed by atoms with E-state index in [4.69, 9.17) is 5.73 Å². The van der Waals surface area contributed by atoms with Gasteiger partial charge in [-0.25, -0.2) is 9.07 Å². The molecule has 0 unspecified atom stereocenters. The van der Waals surface area contributed by atoms with Crippen molar-refractivity contribution in [1.29, 1.82) is 0 Å². The number of amides is 2. The quantitative estimate of drug-likeness (QED) is 0.694. The SMILES string of the molecule is Cc1ccc([C@H](C)N(C(=O)c2cn(CC(N)=O)nn2)c2cc(C)ccc2F)cc1.